The van der Waals surface area contributed by atoms with Crippen LogP contribution in [0.2, 0.25) is 0 Å². The van der Waals surface area contributed by atoms with Crippen LogP contribution in [0.5, 0.6) is 0 Å². The number of piperazine rings is 1. The Morgan fingerprint density at radius 2 is 1.93 bits per heavy atom. The molecule has 0 unspecified atom stereocenters. The summed E-state index contributed by atoms with van der Waals surface area (Å²) in [6, 6.07) is 0. The van der Waals surface area contributed by atoms with E-state index in [2.05, 4.69) is 22.5 Å². The Labute approximate surface area is 158 Å². The molecule has 1 fully saturated rings. The summed E-state index contributed by atoms with van der Waals surface area (Å²) in [5, 5.41) is 0. The predicted octanol–water partition coefficient (Wildman–Crippen LogP) is 0.619. The summed E-state index contributed by atoms with van der Waals surface area (Å²) >= 11 is 0. The zero-order chi connectivity index (χ0) is 19.8. The van der Waals surface area contributed by atoms with Crippen LogP contribution in [0.1, 0.15) is 20.8 Å². The van der Waals surface area contributed by atoms with Crippen molar-refractivity contribution in [3.63, 3.8) is 0 Å². The number of hydrogen-bond acceptors (Lipinski definition) is 7. The van der Waals surface area contributed by atoms with E-state index < -0.39 is 11.3 Å². The maximum Gasteiger partial charge on any atom is 0.410 e. The quantitative estimate of drug-likeness (QED) is 0.704. The molecule has 0 saturated carbocycles. The molecule has 0 atom stereocenters. The van der Waals surface area contributed by atoms with E-state index in [4.69, 9.17) is 11.2 Å². The lowest BCUT2D eigenvalue weighted by molar-refractivity contribution is 0.0240. The molecule has 3 rings (SSSR count). The number of carbonyl (C=O) groups excluding carboxylic acids is 1. The number of hydrogen-bond donors (Lipinski definition) is 0. The minimum absolute atomic E-state index is 0.335. The Kier molecular flexibility index (Phi) is 4.83. The van der Waals surface area contributed by atoms with Gasteiger partial charge in [-0.25, -0.2) is 14.2 Å². The van der Waals surface area contributed by atoms with Crippen molar-refractivity contribution in [1.82, 2.24) is 19.4 Å². The smallest absolute Gasteiger partial charge is 0.410 e. The molecule has 2 aliphatic heterocycles. The number of aromatic nitrogens is 3. The van der Waals surface area contributed by atoms with Crippen LogP contribution in [0.3, 0.4) is 0 Å². The van der Waals surface area contributed by atoms with E-state index in [0.29, 0.717) is 56.9 Å². The topological polar surface area (TPSA) is 83.8 Å². The fraction of sp³-hybridized carbons (Fsp3) is 0.556. The van der Waals surface area contributed by atoms with Crippen LogP contribution < -0.4 is 15.5 Å². The molecule has 1 aromatic rings. The molecule has 9 heteroatoms. The second kappa shape index (κ2) is 6.95. The number of anilines is 2. The molecule has 0 aliphatic carbocycles. The van der Waals surface area contributed by atoms with E-state index in [1.807, 2.05) is 30.6 Å². The molecule has 0 radical (unpaired) electrons. The molecule has 0 bridgehead atoms. The first-order chi connectivity index (χ1) is 12.7. The largest absolute Gasteiger partial charge is 0.444 e. The Balaban J connectivity index is 1.74. The van der Waals surface area contributed by atoms with Crippen molar-refractivity contribution < 1.29 is 9.53 Å². The van der Waals surface area contributed by atoms with Gasteiger partial charge < -0.3 is 19.4 Å². The summed E-state index contributed by atoms with van der Waals surface area (Å²) in [5.41, 5.74) is -0.352. The van der Waals surface area contributed by atoms with Crippen molar-refractivity contribution >= 4 is 23.7 Å². The van der Waals surface area contributed by atoms with Gasteiger partial charge in [0, 0.05) is 31.9 Å². The Hall–Kier alpha value is -3.02. The SMILES string of the molecule is C#CCN1CC(=C)n2c1nc(N1CCN(C(=O)OC(C)(C)C)CC1)nc2=O. The maximum absolute atomic E-state index is 12.4. The summed E-state index contributed by atoms with van der Waals surface area (Å²) in [6.45, 7) is 12.1. The molecule has 1 amide bonds. The van der Waals surface area contributed by atoms with E-state index in [-0.39, 0.29) is 6.09 Å². The first-order valence-electron chi connectivity index (χ1n) is 8.80. The Morgan fingerprint density at radius 1 is 1.26 bits per heavy atom. The normalized spacial score (nSPS) is 17.0. The van der Waals surface area contributed by atoms with Gasteiger partial charge in [-0.15, -0.1) is 6.42 Å². The highest BCUT2D eigenvalue weighted by Gasteiger charge is 2.30. The standard InChI is InChI=1S/C18H24N6O3/c1-6-7-23-12-13(2)24-15(23)19-14(20-16(24)25)21-8-10-22(11-9-21)17(26)27-18(3,4)5/h1H,2,7-12H2,3-5H3. The Bertz CT molecular complexity index is 855. The highest BCUT2D eigenvalue weighted by atomic mass is 16.6. The van der Waals surface area contributed by atoms with Gasteiger partial charge >= 0.3 is 11.8 Å². The van der Waals surface area contributed by atoms with Crippen molar-refractivity contribution in [3.8, 4) is 12.3 Å². The molecule has 9 nitrogen and oxygen atoms in total. The molecule has 3 heterocycles. The minimum atomic E-state index is -0.533. The maximum atomic E-state index is 12.4. The van der Waals surface area contributed by atoms with Crippen LogP contribution in [0.15, 0.2) is 11.4 Å². The van der Waals surface area contributed by atoms with Crippen LogP contribution in [0.25, 0.3) is 5.70 Å². The first kappa shape index (κ1) is 18.8. The first-order valence-corrected chi connectivity index (χ1v) is 8.80. The van der Waals surface area contributed by atoms with E-state index in [1.54, 1.807) is 4.90 Å². The van der Waals surface area contributed by atoms with Gasteiger partial charge in [-0.3, -0.25) is 0 Å². The summed E-state index contributed by atoms with van der Waals surface area (Å²) in [6.07, 6.45) is 5.07. The van der Waals surface area contributed by atoms with Crippen LogP contribution in [-0.2, 0) is 4.74 Å². The van der Waals surface area contributed by atoms with Crippen molar-refractivity contribution in [3.05, 3.63) is 17.1 Å². The number of fused-ring (bicyclic) bond motifs is 1. The fourth-order valence-electron chi connectivity index (χ4n) is 3.03. The van der Waals surface area contributed by atoms with E-state index in [1.165, 1.54) is 4.57 Å². The number of nitrogens with zero attached hydrogens (tertiary/aromatic N) is 6. The molecular formula is C18H24N6O3. The monoisotopic (exact) mass is 372 g/mol. The van der Waals surface area contributed by atoms with E-state index in [0.717, 1.165) is 0 Å². The molecule has 144 valence electrons. The second-order valence-corrected chi connectivity index (χ2v) is 7.52. The molecular weight excluding hydrogens is 348 g/mol. The van der Waals surface area contributed by atoms with Gasteiger partial charge in [-0.2, -0.15) is 9.97 Å². The van der Waals surface area contributed by atoms with Crippen LogP contribution in [0, 0.1) is 12.3 Å². The summed E-state index contributed by atoms with van der Waals surface area (Å²) in [7, 11) is 0. The number of rotatable bonds is 2. The lowest BCUT2D eigenvalue weighted by Gasteiger charge is -2.35. The van der Waals surface area contributed by atoms with Crippen molar-refractivity contribution in [2.75, 3.05) is 49.1 Å². The van der Waals surface area contributed by atoms with Gasteiger partial charge in [0.1, 0.15) is 5.60 Å². The van der Waals surface area contributed by atoms with Gasteiger partial charge in [0.2, 0.25) is 11.9 Å². The lowest BCUT2D eigenvalue weighted by Crippen LogP contribution is -2.51. The number of carbonyl (C=O) groups is 1. The molecule has 1 aromatic heterocycles. The molecule has 27 heavy (non-hydrogen) atoms. The lowest BCUT2D eigenvalue weighted by atomic mass is 10.2. The van der Waals surface area contributed by atoms with E-state index in [9.17, 15) is 9.59 Å². The van der Waals surface area contributed by atoms with Gasteiger partial charge in [0.15, 0.2) is 0 Å². The van der Waals surface area contributed by atoms with Gasteiger partial charge in [0.25, 0.3) is 0 Å². The van der Waals surface area contributed by atoms with Gasteiger partial charge in [-0.05, 0) is 20.8 Å². The van der Waals surface area contributed by atoms with Crippen LogP contribution >= 0.6 is 0 Å². The molecule has 0 spiro atoms. The average molecular weight is 372 g/mol. The summed E-state index contributed by atoms with van der Waals surface area (Å²) < 4.78 is 6.79. The third kappa shape index (κ3) is 3.89. The fourth-order valence-corrected chi connectivity index (χ4v) is 3.03. The molecule has 1 saturated heterocycles. The van der Waals surface area contributed by atoms with Crippen LogP contribution in [0.4, 0.5) is 16.7 Å². The van der Waals surface area contributed by atoms with Crippen molar-refractivity contribution in [2.24, 2.45) is 0 Å². The molecule has 0 aromatic carbocycles. The highest BCUT2D eigenvalue weighted by Crippen LogP contribution is 2.24. The predicted molar refractivity (Wildman–Crippen MR) is 103 cm³/mol. The Morgan fingerprint density at radius 3 is 2.52 bits per heavy atom. The summed E-state index contributed by atoms with van der Waals surface area (Å²) in [5.74, 6) is 3.36. The zero-order valence-electron chi connectivity index (χ0n) is 15.9. The van der Waals surface area contributed by atoms with Crippen molar-refractivity contribution in [2.45, 2.75) is 26.4 Å². The van der Waals surface area contributed by atoms with Gasteiger partial charge in [-0.1, -0.05) is 12.5 Å². The third-order valence-electron chi connectivity index (χ3n) is 4.26. The number of ether oxygens (including phenoxy) is 1. The third-order valence-corrected chi connectivity index (χ3v) is 4.26. The van der Waals surface area contributed by atoms with Gasteiger partial charge in [0.05, 0.1) is 13.1 Å². The number of terminal acetylenes is 1. The second-order valence-electron chi connectivity index (χ2n) is 7.52. The molecule has 2 aliphatic rings. The molecule has 0 N–H and O–H groups in total. The summed E-state index contributed by atoms with van der Waals surface area (Å²) in [4.78, 5) is 38.6. The minimum Gasteiger partial charge on any atom is -0.444 e. The number of amides is 1. The van der Waals surface area contributed by atoms with Crippen LogP contribution in [-0.4, -0.2) is 70.4 Å². The highest BCUT2D eigenvalue weighted by molar-refractivity contribution is 5.68. The zero-order valence-corrected chi connectivity index (χ0v) is 15.9. The van der Waals surface area contributed by atoms with Crippen molar-refractivity contribution in [1.29, 1.82) is 0 Å². The van der Waals surface area contributed by atoms with E-state index >= 15 is 0 Å². The average Bonchev–Trinajstić information content (AvgIpc) is 2.90.